The van der Waals surface area contributed by atoms with Crippen LogP contribution in [-0.4, -0.2) is 13.3 Å². The largest absolute Gasteiger partial charge is 0.673 e. The molecule has 0 heterocycles. The Kier molecular flexibility index (Phi) is 6.93. The number of benzene rings is 2. The molecule has 1 atom stereocenters. The SMILES string of the molecule is Cc1ccc([S+](CF)c2ccccc2)cc1C.F[B-](F)(F)F. The highest BCUT2D eigenvalue weighted by molar-refractivity contribution is 7.96. The number of alkyl halides is 1. The molecule has 2 aromatic carbocycles. The van der Waals surface area contributed by atoms with Crippen LogP contribution in [0.1, 0.15) is 11.1 Å². The summed E-state index contributed by atoms with van der Waals surface area (Å²) in [7, 11) is -6.44. The predicted molar refractivity (Wildman–Crippen MR) is 82.4 cm³/mol. The van der Waals surface area contributed by atoms with Crippen molar-refractivity contribution >= 4 is 18.1 Å². The van der Waals surface area contributed by atoms with Crippen molar-refractivity contribution in [2.45, 2.75) is 23.6 Å². The van der Waals surface area contributed by atoms with E-state index in [9.17, 15) is 21.7 Å². The fourth-order valence-corrected chi connectivity index (χ4v) is 3.28. The first kappa shape index (κ1) is 18.6. The maximum Gasteiger partial charge on any atom is 0.673 e. The maximum atomic E-state index is 13.3. The Morgan fingerprint density at radius 3 is 1.82 bits per heavy atom. The van der Waals surface area contributed by atoms with Gasteiger partial charge >= 0.3 is 7.25 Å². The van der Waals surface area contributed by atoms with Gasteiger partial charge in [-0.15, -0.1) is 0 Å². The van der Waals surface area contributed by atoms with Crippen LogP contribution >= 0.6 is 0 Å². The summed E-state index contributed by atoms with van der Waals surface area (Å²) < 4.78 is 52.3. The molecule has 0 aliphatic heterocycles. The van der Waals surface area contributed by atoms with E-state index < -0.39 is 18.1 Å². The molecule has 0 aliphatic rings. The van der Waals surface area contributed by atoms with Crippen LogP contribution in [0.5, 0.6) is 0 Å². The monoisotopic (exact) mass is 334 g/mol. The highest BCUT2D eigenvalue weighted by Crippen LogP contribution is 2.25. The Morgan fingerprint density at radius 2 is 1.36 bits per heavy atom. The average Bonchev–Trinajstić information content (AvgIpc) is 2.43. The molecule has 0 amide bonds. The minimum absolute atomic E-state index is 0.327. The minimum atomic E-state index is -6.00. The van der Waals surface area contributed by atoms with Crippen molar-refractivity contribution in [2.75, 3.05) is 6.01 Å². The summed E-state index contributed by atoms with van der Waals surface area (Å²) >= 11 is 0. The lowest BCUT2D eigenvalue weighted by Gasteiger charge is -2.06. The van der Waals surface area contributed by atoms with E-state index in [2.05, 4.69) is 26.0 Å². The highest BCUT2D eigenvalue weighted by atomic mass is 32.2. The van der Waals surface area contributed by atoms with Gasteiger partial charge in [0.2, 0.25) is 0 Å². The summed E-state index contributed by atoms with van der Waals surface area (Å²) in [6, 6.07) is 15.8. The molecule has 1 unspecified atom stereocenters. The Balaban J connectivity index is 0.000000422. The molecule has 0 spiro atoms. The number of aryl methyl sites for hydroxylation is 2. The van der Waals surface area contributed by atoms with Crippen LogP contribution in [0.15, 0.2) is 58.3 Å². The minimum Gasteiger partial charge on any atom is -0.418 e. The zero-order chi connectivity index (χ0) is 16.8. The third kappa shape index (κ3) is 6.51. The van der Waals surface area contributed by atoms with Crippen LogP contribution in [0, 0.1) is 13.8 Å². The van der Waals surface area contributed by atoms with E-state index in [1.165, 1.54) is 11.1 Å². The predicted octanol–water partition coefficient (Wildman–Crippen LogP) is 5.57. The molecular weight excluding hydrogens is 318 g/mol. The van der Waals surface area contributed by atoms with Gasteiger partial charge < -0.3 is 17.3 Å². The molecule has 0 aromatic heterocycles. The third-order valence-corrected chi connectivity index (χ3v) is 4.78. The maximum absolute atomic E-state index is 13.3. The molecule has 0 saturated carbocycles. The first-order valence-electron chi connectivity index (χ1n) is 6.49. The van der Waals surface area contributed by atoms with Gasteiger partial charge in [0.25, 0.3) is 6.01 Å². The van der Waals surface area contributed by atoms with Gasteiger partial charge in [-0.1, -0.05) is 24.3 Å². The summed E-state index contributed by atoms with van der Waals surface area (Å²) in [5.74, 6) is 0. The zero-order valence-electron chi connectivity index (χ0n) is 12.2. The number of hydrogen-bond acceptors (Lipinski definition) is 0. The van der Waals surface area contributed by atoms with Crippen LogP contribution in [-0.2, 0) is 10.9 Å². The van der Waals surface area contributed by atoms with Crippen molar-refractivity contribution in [1.82, 2.24) is 0 Å². The van der Waals surface area contributed by atoms with Crippen LogP contribution in [0.3, 0.4) is 0 Å². The summed E-state index contributed by atoms with van der Waals surface area (Å²) in [5, 5.41) is 0. The molecule has 0 aliphatic carbocycles. The summed E-state index contributed by atoms with van der Waals surface area (Å²) in [6.07, 6.45) is 0. The summed E-state index contributed by atoms with van der Waals surface area (Å²) in [5.41, 5.74) is 2.48. The molecule has 0 saturated heterocycles. The van der Waals surface area contributed by atoms with Gasteiger partial charge in [0.15, 0.2) is 9.79 Å². The molecule has 2 aromatic rings. The van der Waals surface area contributed by atoms with Gasteiger partial charge in [0.1, 0.15) is 0 Å². The molecule has 120 valence electrons. The first-order chi connectivity index (χ1) is 10.2. The second-order valence-electron chi connectivity index (χ2n) is 4.55. The Morgan fingerprint density at radius 1 is 0.818 bits per heavy atom. The fraction of sp³-hybridized carbons (Fsp3) is 0.200. The topological polar surface area (TPSA) is 0 Å². The van der Waals surface area contributed by atoms with E-state index >= 15 is 0 Å². The molecule has 0 radical (unpaired) electrons. The van der Waals surface area contributed by atoms with Gasteiger partial charge in [-0.25, -0.2) is 0 Å². The fourth-order valence-electron chi connectivity index (χ4n) is 1.71. The number of halogens is 5. The molecule has 22 heavy (non-hydrogen) atoms. The van der Waals surface area contributed by atoms with Gasteiger partial charge in [-0.2, -0.15) is 4.39 Å². The van der Waals surface area contributed by atoms with Gasteiger partial charge in [0.05, 0.1) is 10.9 Å². The quantitative estimate of drug-likeness (QED) is 0.391. The molecule has 2 rings (SSSR count). The molecule has 0 nitrogen and oxygen atoms in total. The van der Waals surface area contributed by atoms with Crippen molar-refractivity contribution in [1.29, 1.82) is 0 Å². The van der Waals surface area contributed by atoms with Crippen molar-refractivity contribution < 1.29 is 21.7 Å². The Labute approximate surface area is 129 Å². The lowest BCUT2D eigenvalue weighted by atomic mass is 10.1. The average molecular weight is 334 g/mol. The standard InChI is InChI=1S/C15H16FS.BF4/c1-12-8-9-15(10-13(12)2)17(11-16)14-6-4-3-5-7-14;2-1(3,4)5/h3-10H,11H2,1-2H3;/q+1;-1. The molecule has 7 heteroatoms. The van der Waals surface area contributed by atoms with Crippen molar-refractivity contribution in [3.05, 3.63) is 59.7 Å². The van der Waals surface area contributed by atoms with Gasteiger partial charge in [-0.3, -0.25) is 0 Å². The number of rotatable bonds is 3. The first-order valence-corrected chi connectivity index (χ1v) is 7.88. The summed E-state index contributed by atoms with van der Waals surface area (Å²) in [6.45, 7) is 4.15. The summed E-state index contributed by atoms with van der Waals surface area (Å²) in [4.78, 5) is 2.15. The second-order valence-corrected chi connectivity index (χ2v) is 6.50. The third-order valence-electron chi connectivity index (χ3n) is 2.90. The van der Waals surface area contributed by atoms with E-state index in [-0.39, 0.29) is 6.01 Å². The van der Waals surface area contributed by atoms with E-state index in [1.54, 1.807) is 0 Å². The van der Waals surface area contributed by atoms with Crippen LogP contribution in [0.2, 0.25) is 0 Å². The smallest absolute Gasteiger partial charge is 0.418 e. The van der Waals surface area contributed by atoms with Crippen LogP contribution in [0.4, 0.5) is 21.7 Å². The highest BCUT2D eigenvalue weighted by Gasteiger charge is 2.25. The van der Waals surface area contributed by atoms with E-state index in [4.69, 9.17) is 0 Å². The van der Waals surface area contributed by atoms with Crippen molar-refractivity contribution in [2.24, 2.45) is 0 Å². The molecule has 0 bridgehead atoms. The second kappa shape index (κ2) is 8.22. The number of hydrogen-bond donors (Lipinski definition) is 0. The normalized spacial score (nSPS) is 12.3. The lowest BCUT2D eigenvalue weighted by molar-refractivity contribution is 0.368. The molecular formula is C15H16BF5S. The Bertz CT molecular complexity index is 580. The van der Waals surface area contributed by atoms with Crippen LogP contribution in [0.25, 0.3) is 0 Å². The molecule has 0 N–H and O–H groups in total. The molecule has 0 fully saturated rings. The van der Waals surface area contributed by atoms with E-state index in [0.717, 1.165) is 9.79 Å². The van der Waals surface area contributed by atoms with E-state index in [0.29, 0.717) is 0 Å². The van der Waals surface area contributed by atoms with Gasteiger partial charge in [0, 0.05) is 0 Å². The Hall–Kier alpha value is -1.50. The lowest BCUT2D eigenvalue weighted by Crippen LogP contribution is -2.05. The van der Waals surface area contributed by atoms with E-state index in [1.807, 2.05) is 36.4 Å². The van der Waals surface area contributed by atoms with Crippen molar-refractivity contribution in [3.8, 4) is 0 Å². The van der Waals surface area contributed by atoms with Crippen molar-refractivity contribution in [3.63, 3.8) is 0 Å². The zero-order valence-corrected chi connectivity index (χ0v) is 13.0. The van der Waals surface area contributed by atoms with Crippen LogP contribution < -0.4 is 0 Å². The van der Waals surface area contributed by atoms with Gasteiger partial charge in [-0.05, 0) is 49.2 Å².